The smallest absolute Gasteiger partial charge is 0.277 e. The minimum absolute atomic E-state index is 0.0962. The van der Waals surface area contributed by atoms with Crippen LogP contribution in [0.2, 0.25) is 0 Å². The maximum absolute atomic E-state index is 12.4. The molecule has 1 amide bonds. The molecule has 0 bridgehead atoms. The number of aryl methyl sites for hydroxylation is 1. The predicted molar refractivity (Wildman–Crippen MR) is 115 cm³/mol. The molecule has 0 radical (unpaired) electrons. The lowest BCUT2D eigenvalue weighted by Crippen LogP contribution is -2.16. The summed E-state index contributed by atoms with van der Waals surface area (Å²) in [5.74, 6) is 1.75. The van der Waals surface area contributed by atoms with Crippen LogP contribution in [0.25, 0.3) is 0 Å². The van der Waals surface area contributed by atoms with Crippen molar-refractivity contribution in [3.8, 4) is 5.75 Å². The number of hydrogen-bond acceptors (Lipinski definition) is 6. The van der Waals surface area contributed by atoms with E-state index in [2.05, 4.69) is 29.4 Å². The summed E-state index contributed by atoms with van der Waals surface area (Å²) in [4.78, 5) is 12.4. The molecule has 0 saturated carbocycles. The Labute approximate surface area is 175 Å². The average molecular weight is 412 g/mol. The van der Waals surface area contributed by atoms with Gasteiger partial charge >= 0.3 is 0 Å². The van der Waals surface area contributed by atoms with Crippen LogP contribution in [0.1, 0.15) is 42.3 Å². The molecule has 0 unspecified atom stereocenters. The van der Waals surface area contributed by atoms with Crippen molar-refractivity contribution in [1.29, 1.82) is 0 Å². The number of benzene rings is 2. The second-order valence-corrected chi connectivity index (χ2v) is 7.94. The molecule has 0 fully saturated rings. The number of carbonyl (C=O) groups is 1. The highest BCUT2D eigenvalue weighted by Crippen LogP contribution is 2.28. The molecule has 0 aliphatic rings. The summed E-state index contributed by atoms with van der Waals surface area (Å²) in [6.07, 6.45) is 0.532. The molecular weight excluding hydrogens is 386 g/mol. The van der Waals surface area contributed by atoms with Crippen molar-refractivity contribution in [2.24, 2.45) is 0 Å². The van der Waals surface area contributed by atoms with Gasteiger partial charge in [-0.2, -0.15) is 0 Å². The van der Waals surface area contributed by atoms with Gasteiger partial charge in [0.2, 0.25) is 11.8 Å². The summed E-state index contributed by atoms with van der Waals surface area (Å²) < 4.78 is 10.8. The molecule has 2 aromatic carbocycles. The fourth-order valence-electron chi connectivity index (χ4n) is 2.93. The molecule has 0 saturated heterocycles. The van der Waals surface area contributed by atoms with Gasteiger partial charge in [0.25, 0.3) is 5.22 Å². The minimum atomic E-state index is -0.0962. The van der Waals surface area contributed by atoms with E-state index in [4.69, 9.17) is 9.15 Å². The molecule has 0 spiro atoms. The Morgan fingerprint density at radius 3 is 2.62 bits per heavy atom. The third-order valence-electron chi connectivity index (χ3n) is 4.48. The summed E-state index contributed by atoms with van der Waals surface area (Å²) >= 11 is 1.23. The van der Waals surface area contributed by atoms with Crippen LogP contribution in [0.3, 0.4) is 0 Å². The van der Waals surface area contributed by atoms with Gasteiger partial charge in [0.15, 0.2) is 0 Å². The zero-order chi connectivity index (χ0) is 20.8. The van der Waals surface area contributed by atoms with Crippen LogP contribution in [-0.4, -0.2) is 29.0 Å². The van der Waals surface area contributed by atoms with E-state index >= 15 is 0 Å². The van der Waals surface area contributed by atoms with Gasteiger partial charge < -0.3 is 14.5 Å². The summed E-state index contributed by atoms with van der Waals surface area (Å²) in [7, 11) is 1.63. The Kier molecular flexibility index (Phi) is 6.93. The van der Waals surface area contributed by atoms with E-state index in [0.29, 0.717) is 23.5 Å². The molecule has 1 N–H and O–H groups in total. The predicted octanol–water partition coefficient (Wildman–Crippen LogP) is 4.83. The summed E-state index contributed by atoms with van der Waals surface area (Å²) in [5.41, 5.74) is 4.11. The molecule has 1 heterocycles. The van der Waals surface area contributed by atoms with Crippen molar-refractivity contribution in [3.63, 3.8) is 0 Å². The topological polar surface area (TPSA) is 77.2 Å². The first-order valence-corrected chi connectivity index (χ1v) is 10.4. The molecule has 0 aliphatic carbocycles. The van der Waals surface area contributed by atoms with E-state index < -0.39 is 0 Å². The highest BCUT2D eigenvalue weighted by atomic mass is 32.2. The van der Waals surface area contributed by atoms with Gasteiger partial charge in [0, 0.05) is 5.69 Å². The van der Waals surface area contributed by atoms with Gasteiger partial charge in [-0.15, -0.1) is 10.2 Å². The molecular formula is C22H25N3O3S. The third kappa shape index (κ3) is 5.60. The molecule has 3 aromatic rings. The number of anilines is 1. The Hall–Kier alpha value is -2.80. The maximum atomic E-state index is 12.4. The van der Waals surface area contributed by atoms with Gasteiger partial charge in [-0.1, -0.05) is 55.9 Å². The van der Waals surface area contributed by atoms with Gasteiger partial charge in [-0.25, -0.2) is 0 Å². The quantitative estimate of drug-likeness (QED) is 0.535. The van der Waals surface area contributed by atoms with E-state index in [-0.39, 0.29) is 11.7 Å². The van der Waals surface area contributed by atoms with Crippen LogP contribution in [-0.2, 0) is 11.2 Å². The first-order valence-electron chi connectivity index (χ1n) is 9.43. The van der Waals surface area contributed by atoms with E-state index in [1.54, 1.807) is 7.11 Å². The summed E-state index contributed by atoms with van der Waals surface area (Å²) in [5, 5.41) is 11.5. The number of nitrogens with zero attached hydrogens (tertiary/aromatic N) is 2. The van der Waals surface area contributed by atoms with Crippen LogP contribution in [0.15, 0.2) is 52.1 Å². The number of thioether (sulfide) groups is 1. The molecule has 0 atom stereocenters. The van der Waals surface area contributed by atoms with Crippen LogP contribution in [0.4, 0.5) is 5.69 Å². The van der Waals surface area contributed by atoms with Crippen LogP contribution >= 0.6 is 11.8 Å². The third-order valence-corrected chi connectivity index (χ3v) is 5.30. The molecule has 0 aliphatic heterocycles. The lowest BCUT2D eigenvalue weighted by atomic mass is 9.98. The highest BCUT2D eigenvalue weighted by Gasteiger charge is 2.14. The largest absolute Gasteiger partial charge is 0.497 e. The Balaban J connectivity index is 1.56. The minimum Gasteiger partial charge on any atom is -0.497 e. The molecule has 29 heavy (non-hydrogen) atoms. The average Bonchev–Trinajstić information content (AvgIpc) is 3.15. The monoisotopic (exact) mass is 411 g/mol. The van der Waals surface area contributed by atoms with Crippen LogP contribution < -0.4 is 10.1 Å². The van der Waals surface area contributed by atoms with E-state index in [9.17, 15) is 4.79 Å². The number of methoxy groups -OCH3 is 1. The van der Waals surface area contributed by atoms with E-state index in [1.165, 1.54) is 11.8 Å². The first kappa shape index (κ1) is 20.9. The van der Waals surface area contributed by atoms with Gasteiger partial charge in [-0.05, 0) is 41.7 Å². The SMILES string of the molecule is COc1ccc(Cc2nnc(SCC(=O)Nc3c(C)cccc3C(C)C)o2)cc1. The lowest BCUT2D eigenvalue weighted by Gasteiger charge is -2.16. The van der Waals surface area contributed by atoms with Crippen LogP contribution in [0, 0.1) is 6.92 Å². The molecule has 3 rings (SSSR count). The fourth-order valence-corrected chi connectivity index (χ4v) is 3.51. The lowest BCUT2D eigenvalue weighted by molar-refractivity contribution is -0.113. The molecule has 7 heteroatoms. The van der Waals surface area contributed by atoms with Crippen molar-refractivity contribution in [1.82, 2.24) is 10.2 Å². The van der Waals surface area contributed by atoms with Gasteiger partial charge in [-0.3, -0.25) is 4.79 Å². The number of amides is 1. The number of hydrogen-bond donors (Lipinski definition) is 1. The van der Waals surface area contributed by atoms with Gasteiger partial charge in [0.1, 0.15) is 5.75 Å². The molecule has 1 aromatic heterocycles. The van der Waals surface area contributed by atoms with E-state index in [1.807, 2.05) is 49.4 Å². The fraction of sp³-hybridized carbons (Fsp3) is 0.318. The molecule has 6 nitrogen and oxygen atoms in total. The number of aromatic nitrogens is 2. The number of carbonyl (C=O) groups excluding carboxylic acids is 1. The van der Waals surface area contributed by atoms with Crippen molar-refractivity contribution in [2.45, 2.75) is 38.3 Å². The van der Waals surface area contributed by atoms with Crippen molar-refractivity contribution in [2.75, 3.05) is 18.2 Å². The standard InChI is InChI=1S/C22H25N3O3S/c1-14(2)18-7-5-6-15(3)21(18)23-19(26)13-29-22-25-24-20(28-22)12-16-8-10-17(27-4)11-9-16/h5-11,14H,12-13H2,1-4H3,(H,23,26). The summed E-state index contributed by atoms with van der Waals surface area (Å²) in [6, 6.07) is 13.8. The Bertz CT molecular complexity index is 968. The van der Waals surface area contributed by atoms with Crippen molar-refractivity contribution in [3.05, 3.63) is 65.0 Å². The van der Waals surface area contributed by atoms with Crippen molar-refractivity contribution >= 4 is 23.4 Å². The first-order chi connectivity index (χ1) is 14.0. The summed E-state index contributed by atoms with van der Waals surface area (Å²) in [6.45, 7) is 6.22. The zero-order valence-electron chi connectivity index (χ0n) is 17.1. The number of ether oxygens (including phenoxy) is 1. The van der Waals surface area contributed by atoms with Crippen LogP contribution in [0.5, 0.6) is 5.75 Å². The second-order valence-electron chi connectivity index (χ2n) is 7.02. The number of para-hydroxylation sites is 1. The van der Waals surface area contributed by atoms with Crippen molar-refractivity contribution < 1.29 is 13.9 Å². The zero-order valence-corrected chi connectivity index (χ0v) is 17.9. The Morgan fingerprint density at radius 2 is 1.93 bits per heavy atom. The Morgan fingerprint density at radius 1 is 1.17 bits per heavy atom. The second kappa shape index (κ2) is 9.60. The van der Waals surface area contributed by atoms with E-state index in [0.717, 1.165) is 28.1 Å². The highest BCUT2D eigenvalue weighted by molar-refractivity contribution is 7.99. The maximum Gasteiger partial charge on any atom is 0.277 e. The number of rotatable bonds is 8. The molecule has 152 valence electrons. The number of nitrogens with one attached hydrogen (secondary N) is 1. The normalized spacial score (nSPS) is 10.9. The van der Waals surface area contributed by atoms with Gasteiger partial charge in [0.05, 0.1) is 19.3 Å².